The first-order valence-electron chi connectivity index (χ1n) is 7.68. The van der Waals surface area contributed by atoms with Gasteiger partial charge in [-0.25, -0.2) is 0 Å². The Balaban J connectivity index is 1.83. The molecule has 1 aliphatic heterocycles. The van der Waals surface area contributed by atoms with Gasteiger partial charge in [-0.05, 0) is 42.1 Å². The Morgan fingerprint density at radius 2 is 2.00 bits per heavy atom. The number of phenolic OH excluding ortho intramolecular Hbond substituents is 1. The van der Waals surface area contributed by atoms with E-state index < -0.39 is 10.8 Å². The van der Waals surface area contributed by atoms with Gasteiger partial charge in [0.05, 0.1) is 27.7 Å². The molecular formula is C18H10N4O4S2. The van der Waals surface area contributed by atoms with Crippen LogP contribution in [0.15, 0.2) is 52.5 Å². The number of benzene rings is 2. The maximum Gasteiger partial charge on any atom is 0.286 e. The summed E-state index contributed by atoms with van der Waals surface area (Å²) in [7, 11) is 0. The fourth-order valence-corrected chi connectivity index (χ4v) is 3.42. The number of hydrogen-bond donors (Lipinski definition) is 1. The van der Waals surface area contributed by atoms with Crippen LogP contribution < -0.4 is 0 Å². The minimum Gasteiger partial charge on any atom is -0.507 e. The molecule has 0 saturated carbocycles. The standard InChI is InChI=1S/C18H10N4O4S2/c19-9-12-3-1-11(2-4-12)7-16-17(24)21(18(27)28-16)20-10-13-8-14(22(25)26)5-6-15(13)23/h1-8,10,23H/b16-7+,20-10+. The number of hydrazone groups is 1. The summed E-state index contributed by atoms with van der Waals surface area (Å²) in [4.78, 5) is 23.1. The van der Waals surface area contributed by atoms with Crippen molar-refractivity contribution in [3.63, 3.8) is 0 Å². The molecule has 0 unspecified atom stereocenters. The number of hydrogen-bond acceptors (Lipinski definition) is 8. The summed E-state index contributed by atoms with van der Waals surface area (Å²) in [6.07, 6.45) is 2.76. The van der Waals surface area contributed by atoms with E-state index in [4.69, 9.17) is 17.5 Å². The van der Waals surface area contributed by atoms with Crippen LogP contribution in [-0.4, -0.2) is 31.5 Å². The van der Waals surface area contributed by atoms with Crippen molar-refractivity contribution in [1.29, 1.82) is 5.26 Å². The number of phenols is 1. The zero-order valence-corrected chi connectivity index (χ0v) is 15.6. The monoisotopic (exact) mass is 410 g/mol. The summed E-state index contributed by atoms with van der Waals surface area (Å²) in [5.74, 6) is -0.673. The molecule has 0 atom stereocenters. The largest absolute Gasteiger partial charge is 0.507 e. The van der Waals surface area contributed by atoms with E-state index in [1.807, 2.05) is 6.07 Å². The van der Waals surface area contributed by atoms with Crippen LogP contribution in [0.1, 0.15) is 16.7 Å². The second-order valence-corrected chi connectivity index (χ2v) is 7.15. The van der Waals surface area contributed by atoms with Crippen LogP contribution in [0.25, 0.3) is 6.08 Å². The van der Waals surface area contributed by atoms with Crippen molar-refractivity contribution in [3.8, 4) is 11.8 Å². The van der Waals surface area contributed by atoms with Gasteiger partial charge < -0.3 is 5.11 Å². The summed E-state index contributed by atoms with van der Waals surface area (Å²) in [5, 5.41) is 34.4. The minimum absolute atomic E-state index is 0.0827. The summed E-state index contributed by atoms with van der Waals surface area (Å²) in [6, 6.07) is 12.2. The molecule has 10 heteroatoms. The van der Waals surface area contributed by atoms with Crippen LogP contribution in [-0.2, 0) is 4.79 Å². The molecule has 1 heterocycles. The van der Waals surface area contributed by atoms with Crippen LogP contribution in [0, 0.1) is 21.4 Å². The van der Waals surface area contributed by atoms with E-state index in [2.05, 4.69) is 5.10 Å². The van der Waals surface area contributed by atoms with E-state index in [1.165, 1.54) is 6.07 Å². The third kappa shape index (κ3) is 4.06. The van der Waals surface area contributed by atoms with Crippen molar-refractivity contribution in [2.75, 3.05) is 0 Å². The molecule has 1 saturated heterocycles. The molecule has 1 fully saturated rings. The second-order valence-electron chi connectivity index (χ2n) is 5.47. The topological polar surface area (TPSA) is 120 Å². The number of rotatable bonds is 4. The van der Waals surface area contributed by atoms with Gasteiger partial charge in [-0.3, -0.25) is 14.9 Å². The Labute approximate surface area is 168 Å². The second kappa shape index (κ2) is 7.99. The quantitative estimate of drug-likeness (QED) is 0.270. The Morgan fingerprint density at radius 3 is 2.64 bits per heavy atom. The Hall–Kier alpha value is -3.55. The number of nitro benzene ring substituents is 1. The Bertz CT molecular complexity index is 1090. The number of nitrogens with zero attached hydrogens (tertiary/aromatic N) is 4. The highest BCUT2D eigenvalue weighted by atomic mass is 32.2. The third-order valence-corrected chi connectivity index (χ3v) is 4.93. The van der Waals surface area contributed by atoms with Gasteiger partial charge in [0, 0.05) is 17.7 Å². The number of thiocarbonyl (C=S) groups is 1. The van der Waals surface area contributed by atoms with Gasteiger partial charge in [0.2, 0.25) is 0 Å². The van der Waals surface area contributed by atoms with E-state index in [0.717, 1.165) is 40.7 Å². The number of amides is 1. The lowest BCUT2D eigenvalue weighted by Gasteiger charge is -2.06. The predicted molar refractivity (Wildman–Crippen MR) is 109 cm³/mol. The first-order valence-corrected chi connectivity index (χ1v) is 8.91. The summed E-state index contributed by atoms with van der Waals surface area (Å²) >= 11 is 6.22. The van der Waals surface area contributed by atoms with Crippen LogP contribution in [0.5, 0.6) is 5.75 Å². The normalized spacial score (nSPS) is 15.4. The average Bonchev–Trinajstić information content (AvgIpc) is 2.94. The van der Waals surface area contributed by atoms with Crippen molar-refractivity contribution in [2.24, 2.45) is 5.10 Å². The molecule has 0 radical (unpaired) electrons. The third-order valence-electron chi connectivity index (χ3n) is 3.65. The molecule has 8 nitrogen and oxygen atoms in total. The minimum atomic E-state index is -0.600. The van der Waals surface area contributed by atoms with Crippen molar-refractivity contribution in [2.45, 2.75) is 0 Å². The molecular weight excluding hydrogens is 400 g/mol. The number of non-ortho nitro benzene ring substituents is 1. The van der Waals surface area contributed by atoms with Crippen molar-refractivity contribution < 1.29 is 14.8 Å². The van der Waals surface area contributed by atoms with E-state index in [9.17, 15) is 20.0 Å². The van der Waals surface area contributed by atoms with E-state index in [-0.39, 0.29) is 21.3 Å². The molecule has 1 N–H and O–H groups in total. The van der Waals surface area contributed by atoms with E-state index in [0.29, 0.717) is 10.5 Å². The van der Waals surface area contributed by atoms with Gasteiger partial charge >= 0.3 is 0 Å². The first-order chi connectivity index (χ1) is 13.4. The lowest BCUT2D eigenvalue weighted by atomic mass is 10.1. The molecule has 0 bridgehead atoms. The molecule has 2 aromatic carbocycles. The molecule has 28 heavy (non-hydrogen) atoms. The lowest BCUT2D eigenvalue weighted by Crippen LogP contribution is -2.22. The SMILES string of the molecule is N#Cc1ccc(/C=C2/SC(=S)N(/N=C/c3cc([N+](=O)[O-])ccc3O)C2=O)cc1. The number of aromatic hydroxyl groups is 1. The summed E-state index contributed by atoms with van der Waals surface area (Å²) in [6.45, 7) is 0. The maximum absolute atomic E-state index is 12.5. The highest BCUT2D eigenvalue weighted by Gasteiger charge is 2.32. The first kappa shape index (κ1) is 19.2. The molecule has 0 aromatic heterocycles. The average molecular weight is 410 g/mol. The zero-order chi connectivity index (χ0) is 20.3. The molecule has 0 spiro atoms. The Kier molecular flexibility index (Phi) is 5.49. The van der Waals surface area contributed by atoms with Gasteiger partial charge in [-0.1, -0.05) is 23.9 Å². The highest BCUT2D eigenvalue weighted by molar-refractivity contribution is 8.26. The van der Waals surface area contributed by atoms with Crippen molar-refractivity contribution >= 4 is 52.2 Å². The molecule has 3 rings (SSSR count). The number of carbonyl (C=O) groups is 1. The van der Waals surface area contributed by atoms with E-state index >= 15 is 0 Å². The lowest BCUT2D eigenvalue weighted by molar-refractivity contribution is -0.384. The predicted octanol–water partition coefficient (Wildman–Crippen LogP) is 3.41. The molecule has 1 aliphatic rings. The van der Waals surface area contributed by atoms with Crippen molar-refractivity contribution in [3.05, 3.63) is 74.2 Å². The van der Waals surface area contributed by atoms with Gasteiger partial charge in [0.25, 0.3) is 11.6 Å². The van der Waals surface area contributed by atoms with Gasteiger partial charge in [-0.15, -0.1) is 0 Å². The Morgan fingerprint density at radius 1 is 1.29 bits per heavy atom. The fraction of sp³-hybridized carbons (Fsp3) is 0. The number of carbonyl (C=O) groups excluding carboxylic acids is 1. The zero-order valence-electron chi connectivity index (χ0n) is 14.0. The van der Waals surface area contributed by atoms with Crippen LogP contribution in [0.4, 0.5) is 5.69 Å². The van der Waals surface area contributed by atoms with Gasteiger partial charge in [0.1, 0.15) is 5.75 Å². The van der Waals surface area contributed by atoms with E-state index in [1.54, 1.807) is 30.3 Å². The maximum atomic E-state index is 12.5. The number of nitro groups is 1. The number of thioether (sulfide) groups is 1. The molecule has 2 aromatic rings. The van der Waals surface area contributed by atoms with Gasteiger partial charge in [0.15, 0.2) is 4.32 Å². The summed E-state index contributed by atoms with van der Waals surface area (Å²) < 4.78 is 0.186. The highest BCUT2D eigenvalue weighted by Crippen LogP contribution is 2.33. The van der Waals surface area contributed by atoms with Crippen LogP contribution >= 0.6 is 24.0 Å². The number of nitriles is 1. The summed E-state index contributed by atoms with van der Waals surface area (Å²) in [5.41, 5.74) is 1.09. The van der Waals surface area contributed by atoms with Crippen LogP contribution in [0.3, 0.4) is 0 Å². The molecule has 1 amide bonds. The van der Waals surface area contributed by atoms with Gasteiger partial charge in [-0.2, -0.15) is 15.4 Å². The molecule has 138 valence electrons. The smallest absolute Gasteiger partial charge is 0.286 e. The van der Waals surface area contributed by atoms with Crippen molar-refractivity contribution in [1.82, 2.24) is 5.01 Å². The molecule has 0 aliphatic carbocycles. The van der Waals surface area contributed by atoms with Crippen LogP contribution in [0.2, 0.25) is 0 Å². The fourth-order valence-electron chi connectivity index (χ4n) is 2.24.